The second-order valence-corrected chi connectivity index (χ2v) is 6.23. The van der Waals surface area contributed by atoms with Gasteiger partial charge in [0, 0.05) is 10.9 Å². The number of fused-ring (bicyclic) bond motifs is 1. The van der Waals surface area contributed by atoms with Gasteiger partial charge in [-0.3, -0.25) is 20.4 Å². The fraction of sp³-hybridized carbons (Fsp3) is 0.150. The number of hydrogen-bond acceptors (Lipinski definition) is 4. The van der Waals surface area contributed by atoms with Crippen LogP contribution < -0.4 is 21.9 Å². The van der Waals surface area contributed by atoms with Crippen molar-refractivity contribution >= 4 is 28.8 Å². The molecule has 0 bridgehead atoms. The number of benzene rings is 2. The van der Waals surface area contributed by atoms with E-state index >= 15 is 0 Å². The molecule has 8 heteroatoms. The van der Waals surface area contributed by atoms with Crippen molar-refractivity contribution in [2.45, 2.75) is 19.4 Å². The lowest BCUT2D eigenvalue weighted by Crippen LogP contribution is -2.44. The zero-order valence-electron chi connectivity index (χ0n) is 15.2. The molecule has 0 spiro atoms. The molecule has 144 valence electrons. The van der Waals surface area contributed by atoms with Crippen LogP contribution in [0.5, 0.6) is 0 Å². The van der Waals surface area contributed by atoms with E-state index in [1.807, 2.05) is 24.3 Å². The van der Waals surface area contributed by atoms with Gasteiger partial charge in [0.1, 0.15) is 5.58 Å². The number of urea groups is 1. The van der Waals surface area contributed by atoms with Gasteiger partial charge in [-0.05, 0) is 18.6 Å². The Hall–Kier alpha value is -3.81. The SMILES string of the molecule is Cc1c(C(=O)NNC(=O)CC(NC(N)=O)c2ccccc2)oc2ccccc12. The smallest absolute Gasteiger partial charge is 0.312 e. The predicted molar refractivity (Wildman–Crippen MR) is 103 cm³/mol. The zero-order valence-corrected chi connectivity index (χ0v) is 15.2. The number of nitrogens with two attached hydrogens (primary N) is 1. The lowest BCUT2D eigenvalue weighted by atomic mass is 10.0. The molecular formula is C20H20N4O4. The van der Waals surface area contributed by atoms with E-state index < -0.39 is 23.9 Å². The monoisotopic (exact) mass is 380 g/mol. The number of para-hydroxylation sites is 1. The summed E-state index contributed by atoms with van der Waals surface area (Å²) in [4.78, 5) is 35.9. The van der Waals surface area contributed by atoms with Crippen LogP contribution >= 0.6 is 0 Å². The van der Waals surface area contributed by atoms with E-state index in [4.69, 9.17) is 10.2 Å². The molecule has 1 atom stereocenters. The first kappa shape index (κ1) is 19.0. The number of aryl methyl sites for hydroxylation is 1. The maximum atomic E-state index is 12.4. The molecule has 2 aromatic carbocycles. The lowest BCUT2D eigenvalue weighted by Gasteiger charge is -2.17. The van der Waals surface area contributed by atoms with Gasteiger partial charge in [0.15, 0.2) is 5.76 Å². The molecule has 4 amide bonds. The molecule has 0 fully saturated rings. The summed E-state index contributed by atoms with van der Waals surface area (Å²) in [6, 6.07) is 14.8. The average Bonchev–Trinajstić information content (AvgIpc) is 3.03. The summed E-state index contributed by atoms with van der Waals surface area (Å²) in [5, 5.41) is 3.35. The minimum atomic E-state index is -0.747. The molecule has 1 aromatic heterocycles. The highest BCUT2D eigenvalue weighted by Gasteiger charge is 2.20. The summed E-state index contributed by atoms with van der Waals surface area (Å²) in [5.74, 6) is -0.942. The first-order valence-corrected chi connectivity index (χ1v) is 8.64. The first-order chi connectivity index (χ1) is 13.5. The highest BCUT2D eigenvalue weighted by atomic mass is 16.3. The standard InChI is InChI=1S/C20H20N4O4/c1-12-14-9-5-6-10-16(14)28-18(12)19(26)24-23-17(25)11-15(22-20(21)27)13-7-3-2-4-8-13/h2-10,15H,11H2,1H3,(H,23,25)(H,24,26)(H3,21,22,27). The van der Waals surface area contributed by atoms with E-state index in [1.54, 1.807) is 37.3 Å². The van der Waals surface area contributed by atoms with Crippen molar-refractivity contribution in [3.63, 3.8) is 0 Å². The van der Waals surface area contributed by atoms with Crippen molar-refractivity contribution in [1.29, 1.82) is 0 Å². The molecule has 3 rings (SSSR count). The van der Waals surface area contributed by atoms with E-state index in [-0.39, 0.29) is 12.2 Å². The van der Waals surface area contributed by atoms with Gasteiger partial charge in [-0.15, -0.1) is 0 Å². The normalized spacial score (nSPS) is 11.6. The second kappa shape index (κ2) is 8.26. The largest absolute Gasteiger partial charge is 0.451 e. The maximum Gasteiger partial charge on any atom is 0.312 e. The highest BCUT2D eigenvalue weighted by molar-refractivity contribution is 5.99. The van der Waals surface area contributed by atoms with E-state index in [0.717, 1.165) is 10.9 Å². The number of hydrogen-bond donors (Lipinski definition) is 4. The molecule has 0 radical (unpaired) electrons. The Morgan fingerprint density at radius 1 is 1.00 bits per heavy atom. The molecule has 0 aliphatic carbocycles. The molecule has 0 aliphatic rings. The third-order valence-electron chi connectivity index (χ3n) is 4.27. The summed E-state index contributed by atoms with van der Waals surface area (Å²) >= 11 is 0. The first-order valence-electron chi connectivity index (χ1n) is 8.64. The van der Waals surface area contributed by atoms with Crippen LogP contribution in [0.3, 0.4) is 0 Å². The van der Waals surface area contributed by atoms with Crippen LogP contribution in [0.25, 0.3) is 11.0 Å². The molecular weight excluding hydrogens is 360 g/mol. The molecule has 0 saturated heterocycles. The number of hydrazine groups is 1. The van der Waals surface area contributed by atoms with E-state index in [9.17, 15) is 14.4 Å². The van der Waals surface area contributed by atoms with Gasteiger partial charge in [-0.1, -0.05) is 48.5 Å². The van der Waals surface area contributed by atoms with Gasteiger partial charge in [0.2, 0.25) is 5.91 Å². The van der Waals surface area contributed by atoms with Crippen LogP contribution in [0.15, 0.2) is 59.0 Å². The summed E-state index contributed by atoms with van der Waals surface area (Å²) in [6.45, 7) is 1.77. The van der Waals surface area contributed by atoms with Gasteiger partial charge < -0.3 is 15.5 Å². The van der Waals surface area contributed by atoms with Gasteiger partial charge in [-0.25, -0.2) is 4.79 Å². The van der Waals surface area contributed by atoms with Crippen LogP contribution in [-0.2, 0) is 4.79 Å². The fourth-order valence-electron chi connectivity index (χ4n) is 2.92. The van der Waals surface area contributed by atoms with E-state index in [1.165, 1.54) is 0 Å². The number of nitrogens with one attached hydrogen (secondary N) is 3. The average molecular weight is 380 g/mol. The van der Waals surface area contributed by atoms with E-state index in [2.05, 4.69) is 16.2 Å². The van der Waals surface area contributed by atoms with Crippen molar-refractivity contribution in [1.82, 2.24) is 16.2 Å². The van der Waals surface area contributed by atoms with Gasteiger partial charge in [-0.2, -0.15) is 0 Å². The molecule has 1 heterocycles. The third kappa shape index (κ3) is 4.29. The minimum Gasteiger partial charge on any atom is -0.451 e. The Bertz CT molecular complexity index is 1010. The van der Waals surface area contributed by atoms with Crippen LogP contribution in [0.2, 0.25) is 0 Å². The number of amides is 4. The third-order valence-corrected chi connectivity index (χ3v) is 4.27. The van der Waals surface area contributed by atoms with Crippen LogP contribution in [-0.4, -0.2) is 17.8 Å². The quantitative estimate of drug-likeness (QED) is 0.507. The van der Waals surface area contributed by atoms with Crippen molar-refractivity contribution in [3.8, 4) is 0 Å². The number of furan rings is 1. The Morgan fingerprint density at radius 2 is 1.68 bits per heavy atom. The molecule has 1 unspecified atom stereocenters. The number of primary amides is 1. The Balaban J connectivity index is 1.64. The minimum absolute atomic E-state index is 0.105. The summed E-state index contributed by atoms with van der Waals surface area (Å²) in [6.07, 6.45) is -0.105. The molecule has 8 nitrogen and oxygen atoms in total. The molecule has 28 heavy (non-hydrogen) atoms. The van der Waals surface area contributed by atoms with Gasteiger partial charge in [0.05, 0.1) is 12.5 Å². The summed E-state index contributed by atoms with van der Waals surface area (Å²) < 4.78 is 5.56. The van der Waals surface area contributed by atoms with Gasteiger partial charge in [0.25, 0.3) is 0 Å². The maximum absolute atomic E-state index is 12.4. The van der Waals surface area contributed by atoms with Crippen LogP contribution in [0, 0.1) is 6.92 Å². The molecule has 5 N–H and O–H groups in total. The number of rotatable bonds is 5. The number of carbonyl (C=O) groups is 3. The summed E-state index contributed by atoms with van der Waals surface area (Å²) in [7, 11) is 0. The van der Waals surface area contributed by atoms with Crippen molar-refractivity contribution in [3.05, 3.63) is 71.5 Å². The van der Waals surface area contributed by atoms with Crippen molar-refractivity contribution in [2.75, 3.05) is 0 Å². The second-order valence-electron chi connectivity index (χ2n) is 6.23. The number of carbonyl (C=O) groups excluding carboxylic acids is 3. The van der Waals surface area contributed by atoms with Crippen LogP contribution in [0.1, 0.15) is 34.1 Å². The van der Waals surface area contributed by atoms with Crippen LogP contribution in [0.4, 0.5) is 4.79 Å². The molecule has 0 saturated carbocycles. The predicted octanol–water partition coefficient (Wildman–Crippen LogP) is 2.30. The highest BCUT2D eigenvalue weighted by Crippen LogP contribution is 2.24. The Morgan fingerprint density at radius 3 is 2.36 bits per heavy atom. The Kier molecular flexibility index (Phi) is 5.59. The van der Waals surface area contributed by atoms with E-state index in [0.29, 0.717) is 11.1 Å². The fourth-order valence-corrected chi connectivity index (χ4v) is 2.92. The zero-order chi connectivity index (χ0) is 20.1. The molecule has 0 aliphatic heterocycles. The lowest BCUT2D eigenvalue weighted by molar-refractivity contribution is -0.122. The molecule has 3 aromatic rings. The van der Waals surface area contributed by atoms with Gasteiger partial charge >= 0.3 is 11.9 Å². The van der Waals surface area contributed by atoms with Crippen molar-refractivity contribution < 1.29 is 18.8 Å². The topological polar surface area (TPSA) is 126 Å². The van der Waals surface area contributed by atoms with Crippen molar-refractivity contribution in [2.24, 2.45) is 5.73 Å². The summed E-state index contributed by atoms with van der Waals surface area (Å²) in [5.41, 5.74) is 11.9. The Labute approximate surface area is 161 Å².